The van der Waals surface area contributed by atoms with Crippen LogP contribution in [0.1, 0.15) is 41.6 Å². The Morgan fingerprint density at radius 3 is 2.56 bits per heavy atom. The van der Waals surface area contributed by atoms with Gasteiger partial charge in [0.05, 0.1) is 11.6 Å². The van der Waals surface area contributed by atoms with Crippen molar-refractivity contribution in [3.8, 4) is 17.6 Å². The summed E-state index contributed by atoms with van der Waals surface area (Å²) >= 11 is 5.70. The predicted octanol–water partition coefficient (Wildman–Crippen LogP) is 3.81. The Kier molecular flexibility index (Phi) is 6.31. The second-order valence-corrected chi connectivity index (χ2v) is 6.99. The monoisotopic (exact) mass is 469 g/mol. The Bertz CT molecular complexity index is 1330. The molecule has 2 N–H and O–H groups in total. The minimum absolute atomic E-state index is 0.00418. The van der Waals surface area contributed by atoms with E-state index in [0.717, 1.165) is 18.2 Å². The van der Waals surface area contributed by atoms with Gasteiger partial charge in [-0.05, 0) is 24.3 Å². The van der Waals surface area contributed by atoms with Crippen LogP contribution in [0.5, 0.6) is 11.5 Å². The summed E-state index contributed by atoms with van der Waals surface area (Å²) in [6.45, 7) is 0.456. The first-order valence-electron chi connectivity index (χ1n) is 8.74. The maximum Gasteiger partial charge on any atom is 0.294 e. The summed E-state index contributed by atoms with van der Waals surface area (Å²) in [5, 5.41) is 14.5. The summed E-state index contributed by atoms with van der Waals surface area (Å²) in [6.07, 6.45) is -3.34. The summed E-state index contributed by atoms with van der Waals surface area (Å²) in [4.78, 5) is 30.3. The van der Waals surface area contributed by atoms with Gasteiger partial charge in [0.15, 0.2) is 5.69 Å². The van der Waals surface area contributed by atoms with Crippen LogP contribution in [-0.2, 0) is 12.3 Å². The number of hydrogen-bond donors (Lipinski definition) is 2. The van der Waals surface area contributed by atoms with Gasteiger partial charge in [-0.3, -0.25) is 9.59 Å². The zero-order valence-electron chi connectivity index (χ0n) is 16.1. The molecule has 166 valence electrons. The Balaban J connectivity index is 2.09. The molecule has 0 aliphatic heterocycles. The highest BCUT2D eigenvalue weighted by atomic mass is 35.5. The second kappa shape index (κ2) is 8.80. The average Bonchev–Trinajstić information content (AvgIpc) is 2.71. The van der Waals surface area contributed by atoms with Crippen molar-refractivity contribution in [1.29, 1.82) is 5.26 Å². The lowest BCUT2D eigenvalue weighted by Crippen LogP contribution is -2.24. The van der Waals surface area contributed by atoms with E-state index in [2.05, 4.69) is 20.2 Å². The molecule has 0 radical (unpaired) electrons. The molecular weight excluding hydrogens is 458 g/mol. The summed E-state index contributed by atoms with van der Waals surface area (Å²) < 4.78 is 59.8. The van der Waals surface area contributed by atoms with Crippen molar-refractivity contribution in [1.82, 2.24) is 20.2 Å². The summed E-state index contributed by atoms with van der Waals surface area (Å²) in [6, 6.07) is 5.54. The van der Waals surface area contributed by atoms with Gasteiger partial charge in [0.2, 0.25) is 5.75 Å². The average molecular weight is 470 g/mol. The number of aromatic nitrogens is 4. The Labute approximate surface area is 181 Å². The number of H-pyrrole nitrogens is 2. The minimum atomic E-state index is -3.68. The first-order valence-corrected chi connectivity index (χ1v) is 9.12. The topological polar surface area (TPSA) is 125 Å². The molecule has 0 saturated carbocycles. The zero-order valence-corrected chi connectivity index (χ0v) is 16.8. The van der Waals surface area contributed by atoms with Crippen molar-refractivity contribution < 1.29 is 22.3 Å². The van der Waals surface area contributed by atoms with E-state index in [-0.39, 0.29) is 28.5 Å². The highest BCUT2D eigenvalue weighted by Gasteiger charge is 2.34. The number of halogens is 5. The number of rotatable bonds is 6. The SMILES string of the molecule is CC(F)(F)c1nc(Cc2cc(Cl)n[nH]c2=O)[nH]c(=O)c1Oc1cc(C#N)cc(C(F)F)c1. The molecule has 0 aliphatic rings. The number of benzene rings is 1. The van der Waals surface area contributed by atoms with Crippen molar-refractivity contribution in [3.63, 3.8) is 0 Å². The van der Waals surface area contributed by atoms with Crippen LogP contribution < -0.4 is 15.9 Å². The Morgan fingerprint density at radius 1 is 1.22 bits per heavy atom. The number of alkyl halides is 4. The molecule has 0 atom stereocenters. The third-order valence-corrected chi connectivity index (χ3v) is 4.27. The van der Waals surface area contributed by atoms with Crippen molar-refractivity contribution in [2.75, 3.05) is 0 Å². The summed E-state index contributed by atoms with van der Waals surface area (Å²) in [7, 11) is 0. The van der Waals surface area contributed by atoms with E-state index in [1.54, 1.807) is 6.07 Å². The quantitative estimate of drug-likeness (QED) is 0.529. The van der Waals surface area contributed by atoms with Crippen LogP contribution in [0.25, 0.3) is 0 Å². The molecule has 0 aliphatic carbocycles. The molecule has 13 heteroatoms. The fraction of sp³-hybridized carbons (Fsp3) is 0.211. The van der Waals surface area contributed by atoms with Crippen LogP contribution in [0.15, 0.2) is 33.9 Å². The van der Waals surface area contributed by atoms with Crippen LogP contribution in [0.4, 0.5) is 17.6 Å². The lowest BCUT2D eigenvalue weighted by atomic mass is 10.1. The Hall–Kier alpha value is -3.72. The summed E-state index contributed by atoms with van der Waals surface area (Å²) in [5.74, 6) is -5.36. The van der Waals surface area contributed by atoms with E-state index in [1.165, 1.54) is 6.07 Å². The Morgan fingerprint density at radius 2 is 1.94 bits per heavy atom. The molecular formula is C19H12ClF4N5O3. The number of hydrogen-bond acceptors (Lipinski definition) is 6. The highest BCUT2D eigenvalue weighted by molar-refractivity contribution is 6.29. The van der Waals surface area contributed by atoms with Crippen LogP contribution in [-0.4, -0.2) is 20.2 Å². The fourth-order valence-corrected chi connectivity index (χ4v) is 2.88. The molecule has 2 heterocycles. The normalized spacial score (nSPS) is 11.4. The van der Waals surface area contributed by atoms with Gasteiger partial charge in [0.25, 0.3) is 23.5 Å². The van der Waals surface area contributed by atoms with Crippen LogP contribution >= 0.6 is 11.6 Å². The number of nitriles is 1. The van der Waals surface area contributed by atoms with Gasteiger partial charge < -0.3 is 9.72 Å². The van der Waals surface area contributed by atoms with E-state index >= 15 is 0 Å². The number of ether oxygens (including phenoxy) is 1. The van der Waals surface area contributed by atoms with Gasteiger partial charge in [-0.15, -0.1) is 0 Å². The van der Waals surface area contributed by atoms with E-state index in [9.17, 15) is 27.2 Å². The van der Waals surface area contributed by atoms with E-state index < -0.39 is 46.2 Å². The number of nitrogens with one attached hydrogen (secondary N) is 2. The first-order chi connectivity index (χ1) is 15.0. The van der Waals surface area contributed by atoms with Crippen LogP contribution in [0.3, 0.4) is 0 Å². The van der Waals surface area contributed by atoms with E-state index in [4.69, 9.17) is 21.6 Å². The van der Waals surface area contributed by atoms with Gasteiger partial charge in [0.1, 0.15) is 16.7 Å². The number of aromatic amines is 2. The van der Waals surface area contributed by atoms with E-state index in [1.807, 2.05) is 0 Å². The first kappa shape index (κ1) is 23.0. The molecule has 0 amide bonds. The molecule has 1 aromatic carbocycles. The highest BCUT2D eigenvalue weighted by Crippen LogP contribution is 2.34. The van der Waals surface area contributed by atoms with Crippen LogP contribution in [0.2, 0.25) is 5.15 Å². The van der Waals surface area contributed by atoms with Gasteiger partial charge in [0, 0.05) is 24.5 Å². The van der Waals surface area contributed by atoms with Crippen LogP contribution in [0, 0.1) is 11.3 Å². The standard InChI is InChI=1S/C19H12ClF4N5O3/c1-19(23,24)15-14(32-11-3-8(7-25)2-9(4-11)16(21)22)18(31)27-13(26-15)6-10-5-12(20)28-29-17(10)30/h2-5,16H,6H2,1H3,(H,29,30)(H,26,27,31). The lowest BCUT2D eigenvalue weighted by molar-refractivity contribution is 0.0100. The molecule has 0 unspecified atom stereocenters. The molecule has 0 fully saturated rings. The third kappa shape index (κ3) is 5.12. The molecule has 0 bridgehead atoms. The number of nitrogens with zero attached hydrogens (tertiary/aromatic N) is 3. The maximum absolute atomic E-state index is 14.2. The van der Waals surface area contributed by atoms with Gasteiger partial charge in [-0.1, -0.05) is 11.6 Å². The maximum atomic E-state index is 14.2. The van der Waals surface area contributed by atoms with Crippen molar-refractivity contribution >= 4 is 11.6 Å². The molecule has 2 aromatic heterocycles. The van der Waals surface area contributed by atoms with Crippen molar-refractivity contribution in [3.05, 3.63) is 78.3 Å². The van der Waals surface area contributed by atoms with Crippen molar-refractivity contribution in [2.24, 2.45) is 0 Å². The molecule has 32 heavy (non-hydrogen) atoms. The molecule has 3 rings (SSSR count). The van der Waals surface area contributed by atoms with Gasteiger partial charge in [-0.2, -0.15) is 19.1 Å². The predicted molar refractivity (Wildman–Crippen MR) is 103 cm³/mol. The molecule has 8 nitrogen and oxygen atoms in total. The molecule has 3 aromatic rings. The zero-order chi connectivity index (χ0) is 23.6. The van der Waals surface area contributed by atoms with E-state index in [0.29, 0.717) is 6.92 Å². The largest absolute Gasteiger partial charge is 0.449 e. The smallest absolute Gasteiger partial charge is 0.294 e. The van der Waals surface area contributed by atoms with Crippen molar-refractivity contribution in [2.45, 2.75) is 25.7 Å². The molecule has 0 saturated heterocycles. The minimum Gasteiger partial charge on any atom is -0.449 e. The second-order valence-electron chi connectivity index (χ2n) is 6.61. The van der Waals surface area contributed by atoms with Gasteiger partial charge >= 0.3 is 0 Å². The summed E-state index contributed by atoms with van der Waals surface area (Å²) in [5.41, 5.74) is -3.74. The molecule has 0 spiro atoms. The third-order valence-electron chi connectivity index (χ3n) is 4.08. The lowest BCUT2D eigenvalue weighted by Gasteiger charge is -2.16. The fourth-order valence-electron chi connectivity index (χ4n) is 2.70. The van der Waals surface area contributed by atoms with Gasteiger partial charge in [-0.25, -0.2) is 18.9 Å².